The summed E-state index contributed by atoms with van der Waals surface area (Å²) in [6.07, 6.45) is 4.09. The molecule has 39 heavy (non-hydrogen) atoms. The third-order valence-electron chi connectivity index (χ3n) is 6.92. The van der Waals surface area contributed by atoms with Crippen molar-refractivity contribution >= 4 is 45.2 Å². The summed E-state index contributed by atoms with van der Waals surface area (Å²) in [7, 11) is -1.99. The monoisotopic (exact) mass is 575 g/mol. The summed E-state index contributed by atoms with van der Waals surface area (Å²) in [4.78, 5) is 33.8. The molecule has 2 amide bonds. The zero-order valence-corrected chi connectivity index (χ0v) is 22.9. The number of hydrogen-bond donors (Lipinski definition) is 2. The molecule has 3 aliphatic rings. The number of carbonyl (C=O) groups excluding carboxylic acids is 2. The maximum Gasteiger partial charge on any atom is 0.413 e. The number of carbonyl (C=O) groups is 2. The number of rotatable bonds is 8. The van der Waals surface area contributed by atoms with E-state index in [0.29, 0.717) is 41.9 Å². The molecular formula is C24H26ClN7O6S. The van der Waals surface area contributed by atoms with Gasteiger partial charge in [0.25, 0.3) is 10.1 Å². The minimum absolute atomic E-state index is 0.0869. The highest BCUT2D eigenvalue weighted by Gasteiger charge is 2.60. The second-order valence-corrected chi connectivity index (χ2v) is 11.8. The minimum Gasteiger partial charge on any atom is -0.441 e. The van der Waals surface area contributed by atoms with Crippen molar-refractivity contribution in [3.05, 3.63) is 47.4 Å². The molecule has 3 fully saturated rings. The van der Waals surface area contributed by atoms with Crippen LogP contribution in [0.3, 0.4) is 0 Å². The van der Waals surface area contributed by atoms with Crippen LogP contribution in [0.1, 0.15) is 37.9 Å². The highest BCUT2D eigenvalue weighted by atomic mass is 35.5. The zero-order valence-electron chi connectivity index (χ0n) is 21.3. The zero-order chi connectivity index (χ0) is 27.9. The first-order valence-corrected chi connectivity index (χ1v) is 14.3. The number of aryl methyl sites for hydroxylation is 1. The van der Waals surface area contributed by atoms with Crippen LogP contribution >= 0.6 is 11.6 Å². The van der Waals surface area contributed by atoms with E-state index in [1.54, 1.807) is 44.4 Å². The minimum atomic E-state index is -3.59. The highest BCUT2D eigenvalue weighted by Crippen LogP contribution is 2.58. The molecule has 3 saturated carbocycles. The Balaban J connectivity index is 1.22. The van der Waals surface area contributed by atoms with Gasteiger partial charge in [-0.1, -0.05) is 22.9 Å². The molecule has 13 nitrogen and oxygen atoms in total. The lowest BCUT2D eigenvalue weighted by Gasteiger charge is -2.36. The molecule has 0 radical (unpaired) electrons. The van der Waals surface area contributed by atoms with Gasteiger partial charge in [-0.25, -0.2) is 14.5 Å². The molecule has 3 aromatic rings. The van der Waals surface area contributed by atoms with Crippen LogP contribution in [0, 0.1) is 11.8 Å². The quantitative estimate of drug-likeness (QED) is 0.300. The molecule has 2 atom stereocenters. The molecule has 206 valence electrons. The van der Waals surface area contributed by atoms with Crippen molar-refractivity contribution in [1.82, 2.24) is 25.0 Å². The maximum absolute atomic E-state index is 12.9. The summed E-state index contributed by atoms with van der Waals surface area (Å²) in [5.74, 6) is -0.199. The van der Waals surface area contributed by atoms with Gasteiger partial charge >= 0.3 is 6.09 Å². The molecule has 3 aliphatic carbocycles. The average Bonchev–Trinajstić information content (AvgIpc) is 3.50. The van der Waals surface area contributed by atoms with Crippen LogP contribution in [0.4, 0.5) is 16.3 Å². The molecule has 2 N–H and O–H groups in total. The van der Waals surface area contributed by atoms with Crippen LogP contribution in [-0.2, 0) is 30.9 Å². The highest BCUT2D eigenvalue weighted by molar-refractivity contribution is 7.86. The Hall–Kier alpha value is -3.62. The van der Waals surface area contributed by atoms with Crippen LogP contribution in [0.25, 0.3) is 11.4 Å². The van der Waals surface area contributed by atoms with Crippen molar-refractivity contribution in [2.45, 2.75) is 37.9 Å². The summed E-state index contributed by atoms with van der Waals surface area (Å²) in [5.41, 5.74) is 0.969. The normalized spacial score (nSPS) is 22.6. The summed E-state index contributed by atoms with van der Waals surface area (Å²) in [6, 6.07) is 6.70. The van der Waals surface area contributed by atoms with Gasteiger partial charge in [0.2, 0.25) is 5.91 Å². The van der Waals surface area contributed by atoms with E-state index in [4.69, 9.17) is 20.5 Å². The number of halogens is 1. The maximum atomic E-state index is 12.9. The predicted octanol–water partition coefficient (Wildman–Crippen LogP) is 3.32. The van der Waals surface area contributed by atoms with E-state index >= 15 is 0 Å². The van der Waals surface area contributed by atoms with E-state index in [1.807, 2.05) is 0 Å². The Morgan fingerprint density at radius 3 is 2.62 bits per heavy atom. The van der Waals surface area contributed by atoms with Crippen LogP contribution in [0.5, 0.6) is 0 Å². The van der Waals surface area contributed by atoms with Gasteiger partial charge in [-0.15, -0.1) is 5.10 Å². The molecule has 1 unspecified atom stereocenters. The Morgan fingerprint density at radius 2 is 1.95 bits per heavy atom. The Kier molecular flexibility index (Phi) is 7.03. The van der Waals surface area contributed by atoms with Crippen molar-refractivity contribution < 1.29 is 26.9 Å². The van der Waals surface area contributed by atoms with Gasteiger partial charge in [0, 0.05) is 24.7 Å². The molecule has 15 heteroatoms. The summed E-state index contributed by atoms with van der Waals surface area (Å²) >= 11 is 6.09. The largest absolute Gasteiger partial charge is 0.441 e. The van der Waals surface area contributed by atoms with Crippen molar-refractivity contribution in [1.29, 1.82) is 0 Å². The standard InChI is InChI=1S/C24H26ClN7O6S/c1-13(16-5-4-8-26-20(16)25)37-23(34)29-21-19(30-31-32(21)2)18-7-6-15(12-27-18)28-22(33)17-11-24(9-14(17)10-24)38-39(3,35)36/h4-8,12-14,17H,9-11H2,1-3H3,(H,28,33)(H,29,34)/t13-,14?,17?,24?/m1/s1. The number of ether oxygens (including phenoxy) is 1. The van der Waals surface area contributed by atoms with E-state index in [2.05, 4.69) is 30.9 Å². The van der Waals surface area contributed by atoms with Gasteiger partial charge in [0.15, 0.2) is 11.5 Å². The topological polar surface area (TPSA) is 167 Å². The number of hydrogen-bond acceptors (Lipinski definition) is 10. The van der Waals surface area contributed by atoms with Crippen molar-refractivity contribution in [3.63, 3.8) is 0 Å². The SMILES string of the molecule is C[C@@H](OC(=O)Nc1c(-c2ccc(NC(=O)C3CC4(OS(C)(=O)=O)CC3C4)cn2)nnn1C)c1cccnc1Cl. The van der Waals surface area contributed by atoms with E-state index in [1.165, 1.54) is 10.9 Å². The number of anilines is 2. The second kappa shape index (κ2) is 10.2. The molecule has 6 rings (SSSR count). The first-order chi connectivity index (χ1) is 18.4. The molecule has 3 heterocycles. The number of aromatic nitrogens is 5. The van der Waals surface area contributed by atoms with Gasteiger partial charge in [0.05, 0.1) is 29.4 Å². The molecule has 0 saturated heterocycles. The summed E-state index contributed by atoms with van der Waals surface area (Å²) < 4.78 is 35.2. The van der Waals surface area contributed by atoms with Crippen LogP contribution in [-0.4, -0.2) is 57.2 Å². The summed E-state index contributed by atoms with van der Waals surface area (Å²) in [5, 5.41) is 13.8. The average molecular weight is 576 g/mol. The fraction of sp³-hybridized carbons (Fsp3) is 0.417. The number of fused-ring (bicyclic) bond motifs is 1. The Morgan fingerprint density at radius 1 is 1.18 bits per heavy atom. The second-order valence-electron chi connectivity index (χ2n) is 9.84. The summed E-state index contributed by atoms with van der Waals surface area (Å²) in [6.45, 7) is 1.67. The van der Waals surface area contributed by atoms with E-state index in [0.717, 1.165) is 6.26 Å². The third-order valence-corrected chi connectivity index (χ3v) is 7.90. The molecule has 2 bridgehead atoms. The Bertz CT molecular complexity index is 1520. The van der Waals surface area contributed by atoms with Gasteiger partial charge < -0.3 is 10.1 Å². The number of amides is 2. The number of nitrogens with zero attached hydrogens (tertiary/aromatic N) is 5. The van der Waals surface area contributed by atoms with E-state index < -0.39 is 27.9 Å². The lowest BCUT2D eigenvalue weighted by Crippen LogP contribution is -2.40. The van der Waals surface area contributed by atoms with Crippen LogP contribution < -0.4 is 10.6 Å². The van der Waals surface area contributed by atoms with Crippen LogP contribution in [0.2, 0.25) is 5.15 Å². The predicted molar refractivity (Wildman–Crippen MR) is 140 cm³/mol. The smallest absolute Gasteiger partial charge is 0.413 e. The van der Waals surface area contributed by atoms with Gasteiger partial charge in [0.1, 0.15) is 11.3 Å². The van der Waals surface area contributed by atoms with E-state index in [-0.39, 0.29) is 28.7 Å². The first kappa shape index (κ1) is 27.0. The van der Waals surface area contributed by atoms with E-state index in [9.17, 15) is 18.0 Å². The van der Waals surface area contributed by atoms with Gasteiger partial charge in [-0.2, -0.15) is 8.42 Å². The third kappa shape index (κ3) is 5.72. The van der Waals surface area contributed by atoms with Gasteiger partial charge in [-0.3, -0.25) is 19.3 Å². The molecule has 3 aromatic heterocycles. The molecule has 0 aromatic carbocycles. The fourth-order valence-electron chi connectivity index (χ4n) is 5.21. The first-order valence-electron chi connectivity index (χ1n) is 12.1. The van der Waals surface area contributed by atoms with Gasteiger partial charge in [-0.05, 0) is 50.3 Å². The molecular weight excluding hydrogens is 550 g/mol. The number of nitrogens with one attached hydrogen (secondary N) is 2. The van der Waals surface area contributed by atoms with Crippen molar-refractivity contribution in [2.75, 3.05) is 16.9 Å². The lowest BCUT2D eigenvalue weighted by molar-refractivity contribution is -0.120. The van der Waals surface area contributed by atoms with Crippen molar-refractivity contribution in [3.8, 4) is 11.4 Å². The molecule has 0 spiro atoms. The van der Waals surface area contributed by atoms with Crippen LogP contribution in [0.15, 0.2) is 36.7 Å². The van der Waals surface area contributed by atoms with Crippen molar-refractivity contribution in [2.24, 2.45) is 18.9 Å². The number of pyridine rings is 2. The lowest BCUT2D eigenvalue weighted by atomic mass is 9.79. The fourth-order valence-corrected chi connectivity index (χ4v) is 6.33. The molecule has 0 aliphatic heterocycles. The Labute approximate surface area is 229 Å².